The van der Waals surface area contributed by atoms with Crippen LogP contribution in [0, 0.1) is 5.82 Å². The minimum Gasteiger partial charge on any atom is -0.306 e. The summed E-state index contributed by atoms with van der Waals surface area (Å²) in [7, 11) is 0. The third-order valence-corrected chi connectivity index (χ3v) is 2.58. The van der Waals surface area contributed by atoms with Crippen molar-refractivity contribution < 1.29 is 22.4 Å². The lowest BCUT2D eigenvalue weighted by Crippen LogP contribution is -2.16. The smallest absolute Gasteiger partial charge is 0.306 e. The molecule has 0 aliphatic heterocycles. The number of amides is 1. The van der Waals surface area contributed by atoms with E-state index in [0.717, 1.165) is 6.07 Å². The van der Waals surface area contributed by atoms with Crippen LogP contribution in [0.2, 0.25) is 5.28 Å². The van der Waals surface area contributed by atoms with Gasteiger partial charge < -0.3 is 5.32 Å². The minimum atomic E-state index is -4.89. The average molecular weight is 320 g/mol. The fourth-order valence-corrected chi connectivity index (χ4v) is 1.62. The molecule has 0 fully saturated rings. The summed E-state index contributed by atoms with van der Waals surface area (Å²) in [4.78, 5) is 19.0. The average Bonchev–Trinajstić information content (AvgIpc) is 2.37. The van der Waals surface area contributed by atoms with Crippen LogP contribution in [0.15, 0.2) is 30.5 Å². The molecule has 2 aromatic rings. The predicted molar refractivity (Wildman–Crippen MR) is 66.4 cm³/mol. The van der Waals surface area contributed by atoms with Crippen molar-refractivity contribution >= 4 is 23.3 Å². The monoisotopic (exact) mass is 319 g/mol. The van der Waals surface area contributed by atoms with Crippen LogP contribution < -0.4 is 5.32 Å². The van der Waals surface area contributed by atoms with Crippen molar-refractivity contribution in [2.24, 2.45) is 0 Å². The highest BCUT2D eigenvalue weighted by atomic mass is 35.5. The van der Waals surface area contributed by atoms with Gasteiger partial charge in [0.2, 0.25) is 5.28 Å². The molecule has 0 unspecified atom stereocenters. The Morgan fingerprint density at radius 3 is 2.57 bits per heavy atom. The zero-order valence-corrected chi connectivity index (χ0v) is 10.8. The lowest BCUT2D eigenvalue weighted by atomic mass is 10.1. The normalized spacial score (nSPS) is 11.3. The third-order valence-electron chi connectivity index (χ3n) is 2.40. The van der Waals surface area contributed by atoms with Crippen LogP contribution in [-0.2, 0) is 6.18 Å². The van der Waals surface area contributed by atoms with Crippen LogP contribution in [0.3, 0.4) is 0 Å². The maximum Gasteiger partial charge on any atom is 0.419 e. The topological polar surface area (TPSA) is 54.9 Å². The molecule has 0 saturated heterocycles. The van der Waals surface area contributed by atoms with Crippen LogP contribution in [0.5, 0.6) is 0 Å². The van der Waals surface area contributed by atoms with Gasteiger partial charge in [-0.15, -0.1) is 0 Å². The van der Waals surface area contributed by atoms with E-state index in [1.165, 1.54) is 12.3 Å². The Hall–Kier alpha value is -2.22. The van der Waals surface area contributed by atoms with E-state index in [9.17, 15) is 22.4 Å². The van der Waals surface area contributed by atoms with Gasteiger partial charge in [0.1, 0.15) is 11.6 Å². The SMILES string of the molecule is O=C(Nc1ccnc(Cl)n1)c1ccc(F)c(C(F)(F)F)c1. The Kier molecular flexibility index (Phi) is 4.08. The molecule has 0 atom stereocenters. The lowest BCUT2D eigenvalue weighted by Gasteiger charge is -2.10. The molecule has 0 spiro atoms. The zero-order chi connectivity index (χ0) is 15.6. The van der Waals surface area contributed by atoms with Gasteiger partial charge in [0.25, 0.3) is 5.91 Å². The van der Waals surface area contributed by atoms with E-state index in [1.807, 2.05) is 0 Å². The Morgan fingerprint density at radius 1 is 1.24 bits per heavy atom. The van der Waals surface area contributed by atoms with Crippen molar-refractivity contribution in [1.82, 2.24) is 9.97 Å². The van der Waals surface area contributed by atoms with Crippen LogP contribution in [0.4, 0.5) is 23.4 Å². The summed E-state index contributed by atoms with van der Waals surface area (Å²) in [5, 5.41) is 2.10. The summed E-state index contributed by atoms with van der Waals surface area (Å²) in [6.07, 6.45) is -3.63. The molecule has 0 saturated carbocycles. The molecule has 1 aromatic heterocycles. The van der Waals surface area contributed by atoms with Gasteiger partial charge in [0, 0.05) is 11.8 Å². The lowest BCUT2D eigenvalue weighted by molar-refractivity contribution is -0.140. The molecule has 0 radical (unpaired) electrons. The summed E-state index contributed by atoms with van der Waals surface area (Å²) in [6, 6.07) is 3.23. The van der Waals surface area contributed by atoms with Crippen LogP contribution in [-0.4, -0.2) is 15.9 Å². The van der Waals surface area contributed by atoms with Gasteiger partial charge in [-0.05, 0) is 35.9 Å². The van der Waals surface area contributed by atoms with Crippen molar-refractivity contribution in [3.63, 3.8) is 0 Å². The zero-order valence-electron chi connectivity index (χ0n) is 10.1. The fraction of sp³-hybridized carbons (Fsp3) is 0.0833. The number of anilines is 1. The van der Waals surface area contributed by atoms with E-state index in [-0.39, 0.29) is 16.7 Å². The number of nitrogens with zero attached hydrogens (tertiary/aromatic N) is 2. The number of hydrogen-bond acceptors (Lipinski definition) is 3. The number of hydrogen-bond donors (Lipinski definition) is 1. The van der Waals surface area contributed by atoms with Crippen molar-refractivity contribution in [2.75, 3.05) is 5.32 Å². The first-order chi connectivity index (χ1) is 9.77. The number of alkyl halides is 3. The summed E-state index contributed by atoms with van der Waals surface area (Å²) < 4.78 is 50.8. The Balaban J connectivity index is 2.28. The highest BCUT2D eigenvalue weighted by Gasteiger charge is 2.34. The number of carbonyl (C=O) groups is 1. The molecule has 2 rings (SSSR count). The van der Waals surface area contributed by atoms with E-state index < -0.39 is 23.5 Å². The molecule has 21 heavy (non-hydrogen) atoms. The van der Waals surface area contributed by atoms with Crippen LogP contribution in [0.1, 0.15) is 15.9 Å². The molecule has 0 bridgehead atoms. The Labute approximate surface area is 120 Å². The second-order valence-electron chi connectivity index (χ2n) is 3.86. The van der Waals surface area contributed by atoms with E-state index in [2.05, 4.69) is 15.3 Å². The van der Waals surface area contributed by atoms with Crippen molar-refractivity contribution in [1.29, 1.82) is 0 Å². The number of halogens is 5. The predicted octanol–water partition coefficient (Wildman–Crippen LogP) is 3.54. The Bertz CT molecular complexity index is 690. The second kappa shape index (κ2) is 5.65. The fourth-order valence-electron chi connectivity index (χ4n) is 1.48. The first kappa shape index (κ1) is 15.2. The van der Waals surface area contributed by atoms with E-state index in [4.69, 9.17) is 11.6 Å². The number of rotatable bonds is 2. The van der Waals surface area contributed by atoms with Crippen LogP contribution >= 0.6 is 11.6 Å². The highest BCUT2D eigenvalue weighted by Crippen LogP contribution is 2.32. The van der Waals surface area contributed by atoms with E-state index in [1.54, 1.807) is 0 Å². The summed E-state index contributed by atoms with van der Waals surface area (Å²) in [6.45, 7) is 0. The largest absolute Gasteiger partial charge is 0.419 e. The van der Waals surface area contributed by atoms with Gasteiger partial charge in [0.15, 0.2) is 0 Å². The molecule has 0 aliphatic rings. The molecule has 1 amide bonds. The molecule has 1 aromatic carbocycles. The summed E-state index contributed by atoms with van der Waals surface area (Å²) >= 11 is 5.51. The van der Waals surface area contributed by atoms with Gasteiger partial charge in [-0.3, -0.25) is 4.79 Å². The van der Waals surface area contributed by atoms with E-state index >= 15 is 0 Å². The van der Waals surface area contributed by atoms with Gasteiger partial charge in [-0.2, -0.15) is 13.2 Å². The second-order valence-corrected chi connectivity index (χ2v) is 4.20. The molecule has 9 heteroatoms. The van der Waals surface area contributed by atoms with Crippen molar-refractivity contribution in [3.05, 3.63) is 52.7 Å². The van der Waals surface area contributed by atoms with Crippen molar-refractivity contribution in [2.45, 2.75) is 6.18 Å². The quantitative estimate of drug-likeness (QED) is 0.680. The molecule has 1 heterocycles. The molecule has 1 N–H and O–H groups in total. The number of carbonyl (C=O) groups excluding carboxylic acids is 1. The van der Waals surface area contributed by atoms with Gasteiger partial charge in [0.05, 0.1) is 5.56 Å². The van der Waals surface area contributed by atoms with Gasteiger partial charge in [-0.25, -0.2) is 14.4 Å². The molecule has 4 nitrogen and oxygen atoms in total. The molecule has 0 aliphatic carbocycles. The van der Waals surface area contributed by atoms with Gasteiger partial charge >= 0.3 is 6.18 Å². The maximum absolute atomic E-state index is 13.1. The standard InChI is InChI=1S/C12H6ClF4N3O/c13-11-18-4-3-9(20-11)19-10(21)6-1-2-8(14)7(5-6)12(15,16)17/h1-5H,(H,18,19,20,21). The molecular formula is C12H6ClF4N3O. The third kappa shape index (κ3) is 3.66. The first-order valence-corrected chi connectivity index (χ1v) is 5.82. The van der Waals surface area contributed by atoms with Gasteiger partial charge in [-0.1, -0.05) is 0 Å². The minimum absolute atomic E-state index is 0.0119. The number of nitrogens with one attached hydrogen (secondary N) is 1. The van der Waals surface area contributed by atoms with Crippen LogP contribution in [0.25, 0.3) is 0 Å². The van der Waals surface area contributed by atoms with Crippen molar-refractivity contribution in [3.8, 4) is 0 Å². The Morgan fingerprint density at radius 2 is 1.95 bits per heavy atom. The summed E-state index contributed by atoms with van der Waals surface area (Å²) in [5.74, 6) is -2.32. The highest BCUT2D eigenvalue weighted by molar-refractivity contribution is 6.28. The van der Waals surface area contributed by atoms with E-state index in [0.29, 0.717) is 12.1 Å². The number of aromatic nitrogens is 2. The molecular weight excluding hydrogens is 314 g/mol. The first-order valence-electron chi connectivity index (χ1n) is 5.44. The number of benzene rings is 1. The molecule has 110 valence electrons. The maximum atomic E-state index is 13.1. The summed E-state index contributed by atoms with van der Waals surface area (Å²) in [5.41, 5.74) is -1.88.